The van der Waals surface area contributed by atoms with Gasteiger partial charge in [-0.05, 0) is 67.6 Å². The Labute approximate surface area is 513 Å². The quantitative estimate of drug-likeness (QED) is 0.0366. The minimum Gasteiger partial charge on any atom is -0.458 e. The molecule has 3 fully saturated rings. The van der Waals surface area contributed by atoms with E-state index < -0.39 is 122 Å². The van der Waals surface area contributed by atoms with E-state index in [-0.39, 0.29) is 45.2 Å². The molecule has 6 aromatic carbocycles. The molecule has 3 aliphatic heterocycles. The molecule has 6 aromatic rings. The average molecular weight is 1210 g/mol. The van der Waals surface area contributed by atoms with E-state index in [1.165, 1.54) is 14.0 Å². The van der Waals surface area contributed by atoms with Crippen LogP contribution in [0.3, 0.4) is 0 Å². The van der Waals surface area contributed by atoms with Gasteiger partial charge in [0.2, 0.25) is 0 Å². The fourth-order valence-corrected chi connectivity index (χ4v) is 10.6. The highest BCUT2D eigenvalue weighted by Crippen LogP contribution is 2.40. The van der Waals surface area contributed by atoms with Gasteiger partial charge in [0.05, 0.1) is 51.3 Å². The molecular weight excluding hydrogens is 1130 g/mol. The van der Waals surface area contributed by atoms with Crippen LogP contribution >= 0.6 is 0 Å². The second-order valence-electron chi connectivity index (χ2n) is 22.6. The summed E-state index contributed by atoms with van der Waals surface area (Å²) in [6.07, 6.45) is -20.4. The van der Waals surface area contributed by atoms with Gasteiger partial charge in [0, 0.05) is 21.0 Å². The highest BCUT2D eigenvalue weighted by Gasteiger charge is 2.60. The number of carbonyl (C=O) groups excluding carboxylic acids is 4. The monoisotopic (exact) mass is 1210 g/mol. The van der Waals surface area contributed by atoms with Crippen LogP contribution in [0.5, 0.6) is 0 Å². The summed E-state index contributed by atoms with van der Waals surface area (Å²) in [5.41, 5.74) is 3.25. The van der Waals surface area contributed by atoms with Crippen molar-refractivity contribution in [1.82, 2.24) is 0 Å². The smallest absolute Gasteiger partial charge is 0.339 e. The molecule has 88 heavy (non-hydrogen) atoms. The number of rotatable bonds is 26. The van der Waals surface area contributed by atoms with Gasteiger partial charge in [-0.25, -0.2) is 9.59 Å². The van der Waals surface area contributed by atoms with E-state index in [4.69, 9.17) is 71.1 Å². The number of hydrogen-bond acceptors (Lipinski definition) is 19. The fourth-order valence-electron chi connectivity index (χ4n) is 10.6. The van der Waals surface area contributed by atoms with Crippen molar-refractivity contribution in [2.24, 2.45) is 0 Å². The van der Waals surface area contributed by atoms with Gasteiger partial charge in [0.25, 0.3) is 0 Å². The molecule has 19 heteroatoms. The van der Waals surface area contributed by atoms with E-state index in [0.29, 0.717) is 5.56 Å². The highest BCUT2D eigenvalue weighted by molar-refractivity contribution is 5.89. The minimum absolute atomic E-state index is 0.0698. The summed E-state index contributed by atoms with van der Waals surface area (Å²) in [4.78, 5) is 55.9. The molecular formula is C69H78O19. The van der Waals surface area contributed by atoms with E-state index in [9.17, 15) is 19.2 Å². The largest absolute Gasteiger partial charge is 0.458 e. The Balaban J connectivity index is 1.18. The van der Waals surface area contributed by atoms with Gasteiger partial charge in [-0.15, -0.1) is 0 Å². The molecule has 15 atom stereocenters. The maximum absolute atomic E-state index is 14.4. The molecule has 3 saturated heterocycles. The van der Waals surface area contributed by atoms with Crippen molar-refractivity contribution in [3.63, 3.8) is 0 Å². The zero-order valence-corrected chi connectivity index (χ0v) is 50.5. The normalized spacial score (nSPS) is 27.1. The molecule has 19 nitrogen and oxygen atoms in total. The van der Waals surface area contributed by atoms with Crippen LogP contribution in [0, 0.1) is 0 Å². The summed E-state index contributed by atoms with van der Waals surface area (Å²) in [6.45, 7) is 9.39. The lowest BCUT2D eigenvalue weighted by Gasteiger charge is -2.51. The van der Waals surface area contributed by atoms with Crippen molar-refractivity contribution in [1.29, 1.82) is 0 Å². The predicted molar refractivity (Wildman–Crippen MR) is 317 cm³/mol. The molecule has 0 unspecified atom stereocenters. The maximum atomic E-state index is 14.4. The van der Waals surface area contributed by atoms with Crippen molar-refractivity contribution in [3.05, 3.63) is 215 Å². The zero-order valence-electron chi connectivity index (χ0n) is 50.5. The summed E-state index contributed by atoms with van der Waals surface area (Å²) in [5, 5.41) is 0. The van der Waals surface area contributed by atoms with Crippen LogP contribution in [0.2, 0.25) is 0 Å². The first-order chi connectivity index (χ1) is 42.6. The summed E-state index contributed by atoms with van der Waals surface area (Å²) >= 11 is 0. The average Bonchev–Trinajstić information content (AvgIpc) is 1.16. The maximum Gasteiger partial charge on any atom is 0.339 e. The van der Waals surface area contributed by atoms with E-state index in [2.05, 4.69) is 0 Å². The molecule has 0 amide bonds. The second-order valence-corrected chi connectivity index (χ2v) is 22.6. The molecule has 0 aromatic heterocycles. The lowest BCUT2D eigenvalue weighted by Crippen LogP contribution is -2.68. The number of methoxy groups -OCH3 is 1. The third kappa shape index (κ3) is 18.2. The van der Waals surface area contributed by atoms with Gasteiger partial charge in [-0.1, -0.05) is 170 Å². The van der Waals surface area contributed by atoms with E-state index >= 15 is 0 Å². The summed E-state index contributed by atoms with van der Waals surface area (Å²) in [7, 11) is 1.29. The van der Waals surface area contributed by atoms with E-state index in [1.54, 1.807) is 51.1 Å². The first-order valence-corrected chi connectivity index (χ1v) is 29.5. The predicted octanol–water partition coefficient (Wildman–Crippen LogP) is 9.59. The van der Waals surface area contributed by atoms with Crippen molar-refractivity contribution in [2.45, 2.75) is 172 Å². The first kappa shape index (κ1) is 65.2. The third-order valence-corrected chi connectivity index (χ3v) is 14.7. The molecule has 9 rings (SSSR count). The Morgan fingerprint density at radius 2 is 0.818 bits per heavy atom. The fraction of sp³-hybridized carbons (Fsp3) is 0.420. The van der Waals surface area contributed by atoms with Gasteiger partial charge >= 0.3 is 23.9 Å². The van der Waals surface area contributed by atoms with Crippen molar-refractivity contribution in [2.75, 3.05) is 13.7 Å². The Morgan fingerprint density at radius 1 is 0.420 bits per heavy atom. The van der Waals surface area contributed by atoms with Gasteiger partial charge < -0.3 is 71.1 Å². The SMILES string of the molecule is CO[C@H]1O[C@H](C(=O)OC(C)(C)C)[C@H](OC(C)=O)[C@H](O[C@H]2O[C@H](COCc3ccccc3)[C@H](OC(C)=O)[C@H](O[C@@H]3O[C@@H](C)[C@@H](OCc4ccccc4)[C@@H](OCc4ccccc4)[C@@H]3OCc3ccccc3)[C@H]2OCc2ccccc2)[C@H]1OC(=O)c1ccccc1. The standard InChI is InChI=1S/C69H78O19/c1-44-54(76-39-48-28-16-9-17-29-48)56(77-40-49-30-18-10-19-31-49)61(78-41-50-32-20-11-21-33-50)67(80-44)85-57-55(81-45(2)70)53(43-75-38-47-26-14-8-15-27-47)83-68(62(57)79-42-51-34-22-12-23-35-51)86-59-58(82-46(3)71)60(65(73)88-69(4,5)6)87-66(74-7)63(59)84-64(72)52-36-24-13-25-37-52/h8-37,44,53-63,66-68H,38-43H2,1-7H3/t44-,53+,54+,55-,56+,57-,58+,59-,60-,61-,62+,63+,66-,67-,68+/m0/s1. The number of esters is 4. The lowest BCUT2D eigenvalue weighted by atomic mass is 9.95. The van der Waals surface area contributed by atoms with Gasteiger partial charge in [-0.3, -0.25) is 9.59 Å². The lowest BCUT2D eigenvalue weighted by molar-refractivity contribution is -0.387. The van der Waals surface area contributed by atoms with Gasteiger partial charge in [-0.2, -0.15) is 0 Å². The van der Waals surface area contributed by atoms with Crippen LogP contribution < -0.4 is 0 Å². The zero-order chi connectivity index (χ0) is 62.0. The van der Waals surface area contributed by atoms with Gasteiger partial charge in [0.15, 0.2) is 43.3 Å². The third-order valence-electron chi connectivity index (χ3n) is 14.7. The van der Waals surface area contributed by atoms with E-state index in [1.807, 2.05) is 159 Å². The molecule has 468 valence electrons. The number of benzene rings is 6. The molecule has 0 bridgehead atoms. The number of hydrogen-bond donors (Lipinski definition) is 0. The Bertz CT molecular complexity index is 3080. The summed E-state index contributed by atoms with van der Waals surface area (Å²) < 4.78 is 99.6. The van der Waals surface area contributed by atoms with Crippen LogP contribution in [-0.4, -0.2) is 135 Å². The molecule has 0 spiro atoms. The van der Waals surface area contributed by atoms with E-state index in [0.717, 1.165) is 29.2 Å². The highest BCUT2D eigenvalue weighted by atomic mass is 16.8. The van der Waals surface area contributed by atoms with Crippen molar-refractivity contribution >= 4 is 23.9 Å². The van der Waals surface area contributed by atoms with Crippen LogP contribution in [0.1, 0.15) is 79.7 Å². The summed E-state index contributed by atoms with van der Waals surface area (Å²) in [5.74, 6) is -3.36. The summed E-state index contributed by atoms with van der Waals surface area (Å²) in [6, 6.07) is 55.8. The molecule has 0 N–H and O–H groups in total. The molecule has 0 aliphatic carbocycles. The second kappa shape index (κ2) is 31.8. The number of carbonyl (C=O) groups is 4. The molecule has 0 radical (unpaired) electrons. The van der Waals surface area contributed by atoms with Crippen LogP contribution in [0.25, 0.3) is 0 Å². The molecule has 3 aliphatic rings. The van der Waals surface area contributed by atoms with Crippen LogP contribution in [0.4, 0.5) is 0 Å². The van der Waals surface area contributed by atoms with Crippen molar-refractivity contribution < 1.29 is 90.2 Å². The molecule has 3 heterocycles. The van der Waals surface area contributed by atoms with Crippen LogP contribution in [-0.2, 0) is 118 Å². The van der Waals surface area contributed by atoms with Crippen molar-refractivity contribution in [3.8, 4) is 0 Å². The van der Waals surface area contributed by atoms with Crippen LogP contribution in [0.15, 0.2) is 182 Å². The Hall–Kier alpha value is -7.24. The number of ether oxygens (including phenoxy) is 15. The molecule has 0 saturated carbocycles. The van der Waals surface area contributed by atoms with Gasteiger partial charge in [0.1, 0.15) is 48.3 Å². The topological polar surface area (TPSA) is 207 Å². The first-order valence-electron chi connectivity index (χ1n) is 29.5. The Morgan fingerprint density at radius 3 is 1.27 bits per heavy atom. The minimum atomic E-state index is -1.74. The Kier molecular flexibility index (Phi) is 23.6.